The van der Waals surface area contributed by atoms with Gasteiger partial charge in [-0.15, -0.1) is 0 Å². The van der Waals surface area contributed by atoms with E-state index in [0.717, 1.165) is 5.56 Å². The minimum Gasteiger partial charge on any atom is -0.354 e. The van der Waals surface area contributed by atoms with Crippen molar-refractivity contribution in [2.45, 2.75) is 11.8 Å². The van der Waals surface area contributed by atoms with Crippen molar-refractivity contribution in [1.29, 1.82) is 0 Å². The minimum absolute atomic E-state index is 0.0497. The van der Waals surface area contributed by atoms with Crippen LogP contribution in [0.3, 0.4) is 0 Å². The van der Waals surface area contributed by atoms with Crippen LogP contribution in [0.4, 0.5) is 0 Å². The number of carbonyl (C=O) groups excluding carboxylic acids is 1. The second kappa shape index (κ2) is 3.37. The molecule has 1 atom stereocenters. The predicted molar refractivity (Wildman–Crippen MR) is 62.1 cm³/mol. The van der Waals surface area contributed by atoms with Crippen molar-refractivity contribution in [1.82, 2.24) is 5.32 Å². The third-order valence-electron chi connectivity index (χ3n) is 2.16. The van der Waals surface area contributed by atoms with Gasteiger partial charge in [0.15, 0.2) is 4.99 Å². The molecule has 1 N–H and O–H groups in total. The van der Waals surface area contributed by atoms with Gasteiger partial charge in [0.2, 0.25) is 5.12 Å². The van der Waals surface area contributed by atoms with Gasteiger partial charge in [0.25, 0.3) is 0 Å². The molecule has 72 valence electrons. The van der Waals surface area contributed by atoms with Gasteiger partial charge in [-0.1, -0.05) is 42.5 Å². The highest BCUT2D eigenvalue weighted by Crippen LogP contribution is 2.38. The predicted octanol–water partition coefficient (Wildman–Crippen LogP) is 2.05. The Kier molecular flexibility index (Phi) is 2.33. The summed E-state index contributed by atoms with van der Waals surface area (Å²) in [7, 11) is 0. The summed E-state index contributed by atoms with van der Waals surface area (Å²) in [5.74, 6) is 0. The molecular formula is C10H9NOS2. The molecular weight excluding hydrogens is 214 g/mol. The fraction of sp³-hybridized carbons (Fsp3) is 0.200. The van der Waals surface area contributed by atoms with Gasteiger partial charge in [-0.25, -0.2) is 0 Å². The van der Waals surface area contributed by atoms with Crippen LogP contribution in [0.15, 0.2) is 30.3 Å². The SMILES string of the molecule is C[C@]1(c2ccccc2)NC(=S)C(=O)S1. The number of carbonyl (C=O) groups is 1. The van der Waals surface area contributed by atoms with Crippen LogP contribution in [0.1, 0.15) is 12.5 Å². The van der Waals surface area contributed by atoms with E-state index in [2.05, 4.69) is 5.32 Å². The topological polar surface area (TPSA) is 29.1 Å². The normalized spacial score (nSPS) is 26.4. The summed E-state index contributed by atoms with van der Waals surface area (Å²) in [6.45, 7) is 1.96. The summed E-state index contributed by atoms with van der Waals surface area (Å²) < 4.78 is 0. The molecule has 1 aromatic carbocycles. The van der Waals surface area contributed by atoms with E-state index in [-0.39, 0.29) is 5.12 Å². The zero-order valence-electron chi connectivity index (χ0n) is 7.61. The Morgan fingerprint density at radius 1 is 1.36 bits per heavy atom. The van der Waals surface area contributed by atoms with Gasteiger partial charge in [0, 0.05) is 0 Å². The lowest BCUT2D eigenvalue weighted by atomic mass is 10.1. The Morgan fingerprint density at radius 3 is 2.50 bits per heavy atom. The lowest BCUT2D eigenvalue weighted by Gasteiger charge is -2.22. The van der Waals surface area contributed by atoms with Crippen molar-refractivity contribution in [3.05, 3.63) is 35.9 Å². The van der Waals surface area contributed by atoms with Gasteiger partial charge in [-0.3, -0.25) is 4.79 Å². The van der Waals surface area contributed by atoms with Gasteiger partial charge < -0.3 is 5.32 Å². The van der Waals surface area contributed by atoms with E-state index >= 15 is 0 Å². The Labute approximate surface area is 92.1 Å². The molecule has 0 amide bonds. The minimum atomic E-state index is -0.393. The first-order valence-electron chi connectivity index (χ1n) is 4.23. The monoisotopic (exact) mass is 223 g/mol. The Morgan fingerprint density at radius 2 is 2.00 bits per heavy atom. The molecule has 0 aliphatic carbocycles. The molecule has 4 heteroatoms. The molecule has 1 fully saturated rings. The van der Waals surface area contributed by atoms with Crippen LogP contribution < -0.4 is 5.32 Å². The van der Waals surface area contributed by atoms with E-state index in [1.54, 1.807) is 0 Å². The largest absolute Gasteiger partial charge is 0.354 e. The summed E-state index contributed by atoms with van der Waals surface area (Å²) in [6.07, 6.45) is 0. The molecule has 1 heterocycles. The Balaban J connectivity index is 2.36. The van der Waals surface area contributed by atoms with Gasteiger partial charge in [0.05, 0.1) is 0 Å². The smallest absolute Gasteiger partial charge is 0.249 e. The third-order valence-corrected chi connectivity index (χ3v) is 3.71. The van der Waals surface area contributed by atoms with E-state index in [1.807, 2.05) is 37.3 Å². The lowest BCUT2D eigenvalue weighted by molar-refractivity contribution is -0.105. The maximum absolute atomic E-state index is 11.3. The average molecular weight is 223 g/mol. The van der Waals surface area contributed by atoms with Crippen molar-refractivity contribution in [3.63, 3.8) is 0 Å². The number of benzene rings is 1. The molecule has 0 bridgehead atoms. The molecule has 14 heavy (non-hydrogen) atoms. The number of thioether (sulfide) groups is 1. The van der Waals surface area contributed by atoms with Crippen LogP contribution in [0, 0.1) is 0 Å². The standard InChI is InChI=1S/C10H9NOS2/c1-10(7-5-3-2-4-6-7)11-8(13)9(12)14-10/h2-6H,1H3,(H,11,13)/t10-/m0/s1. The van der Waals surface area contributed by atoms with Crippen LogP contribution in [-0.2, 0) is 9.67 Å². The van der Waals surface area contributed by atoms with Crippen molar-refractivity contribution in [3.8, 4) is 0 Å². The molecule has 0 unspecified atom stereocenters. The van der Waals surface area contributed by atoms with Gasteiger partial charge in [-0.2, -0.15) is 0 Å². The van der Waals surface area contributed by atoms with E-state index < -0.39 is 4.87 Å². The number of hydrogen-bond acceptors (Lipinski definition) is 3. The highest BCUT2D eigenvalue weighted by molar-refractivity contribution is 8.18. The van der Waals surface area contributed by atoms with E-state index in [9.17, 15) is 4.79 Å². The van der Waals surface area contributed by atoms with Crippen LogP contribution >= 0.6 is 24.0 Å². The zero-order valence-corrected chi connectivity index (χ0v) is 9.24. The molecule has 1 aliphatic heterocycles. The summed E-state index contributed by atoms with van der Waals surface area (Å²) in [5.41, 5.74) is 1.07. The first-order chi connectivity index (χ1) is 6.62. The van der Waals surface area contributed by atoms with Gasteiger partial charge in [0.1, 0.15) is 4.87 Å². The molecule has 2 rings (SSSR count). The fourth-order valence-corrected chi connectivity index (χ4v) is 2.73. The van der Waals surface area contributed by atoms with Crippen molar-refractivity contribution >= 4 is 34.1 Å². The summed E-state index contributed by atoms with van der Waals surface area (Å²) >= 11 is 6.15. The summed E-state index contributed by atoms with van der Waals surface area (Å²) in [4.78, 5) is 11.2. The van der Waals surface area contributed by atoms with E-state index in [4.69, 9.17) is 12.2 Å². The number of nitrogens with one attached hydrogen (secondary N) is 1. The van der Waals surface area contributed by atoms with Crippen LogP contribution in [-0.4, -0.2) is 10.1 Å². The van der Waals surface area contributed by atoms with Crippen molar-refractivity contribution in [2.75, 3.05) is 0 Å². The van der Waals surface area contributed by atoms with Gasteiger partial charge >= 0.3 is 0 Å². The first-order valence-corrected chi connectivity index (χ1v) is 5.45. The highest BCUT2D eigenvalue weighted by atomic mass is 32.2. The number of thiocarbonyl (C=S) groups is 1. The lowest BCUT2D eigenvalue weighted by Crippen LogP contribution is -2.33. The van der Waals surface area contributed by atoms with Crippen molar-refractivity contribution in [2.24, 2.45) is 0 Å². The third kappa shape index (κ3) is 1.55. The quantitative estimate of drug-likeness (QED) is 0.738. The number of hydrogen-bond donors (Lipinski definition) is 1. The summed E-state index contributed by atoms with van der Waals surface area (Å²) in [5, 5.41) is 2.99. The Hall–Kier alpha value is -0.870. The van der Waals surface area contributed by atoms with Crippen LogP contribution in [0.25, 0.3) is 0 Å². The van der Waals surface area contributed by atoms with E-state index in [0.29, 0.717) is 4.99 Å². The molecule has 0 spiro atoms. The fourth-order valence-electron chi connectivity index (χ4n) is 1.41. The summed E-state index contributed by atoms with van der Waals surface area (Å²) in [6, 6.07) is 9.83. The molecule has 1 aliphatic rings. The molecule has 0 radical (unpaired) electrons. The molecule has 2 nitrogen and oxygen atoms in total. The zero-order chi connectivity index (χ0) is 10.2. The molecule has 1 saturated heterocycles. The van der Waals surface area contributed by atoms with E-state index in [1.165, 1.54) is 11.8 Å². The second-order valence-electron chi connectivity index (χ2n) is 3.24. The maximum atomic E-state index is 11.3. The molecule has 0 aromatic heterocycles. The molecule has 1 aromatic rings. The maximum Gasteiger partial charge on any atom is 0.249 e. The van der Waals surface area contributed by atoms with Gasteiger partial charge in [-0.05, 0) is 24.2 Å². The first kappa shape index (κ1) is 9.68. The number of rotatable bonds is 1. The second-order valence-corrected chi connectivity index (χ2v) is 5.04. The highest BCUT2D eigenvalue weighted by Gasteiger charge is 2.39. The van der Waals surface area contributed by atoms with Crippen LogP contribution in [0.5, 0.6) is 0 Å². The molecule has 0 saturated carbocycles. The average Bonchev–Trinajstić information content (AvgIpc) is 2.44. The van der Waals surface area contributed by atoms with Crippen molar-refractivity contribution < 1.29 is 4.79 Å². The Bertz CT molecular complexity index is 372. The van der Waals surface area contributed by atoms with Crippen LogP contribution in [0.2, 0.25) is 0 Å².